The lowest BCUT2D eigenvalue weighted by Crippen LogP contribution is -2.31. The van der Waals surface area contributed by atoms with Crippen LogP contribution in [0.3, 0.4) is 0 Å². The van der Waals surface area contributed by atoms with Crippen molar-refractivity contribution in [3.05, 3.63) is 51.8 Å². The molecule has 0 aliphatic heterocycles. The maximum Gasteiger partial charge on any atom is 0.316 e. The van der Waals surface area contributed by atoms with Gasteiger partial charge in [0.2, 0.25) is 0 Å². The minimum absolute atomic E-state index is 0.0512. The molecule has 4 rings (SSSR count). The first-order chi connectivity index (χ1) is 15.8. The van der Waals surface area contributed by atoms with E-state index in [0.29, 0.717) is 31.3 Å². The van der Waals surface area contributed by atoms with E-state index in [4.69, 9.17) is 9.47 Å². The first kappa shape index (κ1) is 24.7. The number of para-hydroxylation sites is 1. The number of fused-ring (bicyclic) bond motifs is 1. The van der Waals surface area contributed by atoms with Crippen LogP contribution in [-0.2, 0) is 27.2 Å². The molecule has 3 atom stereocenters. The number of rotatable bonds is 4. The van der Waals surface area contributed by atoms with Gasteiger partial charge in [-0.1, -0.05) is 26.0 Å². The van der Waals surface area contributed by atoms with Crippen molar-refractivity contribution >= 4 is 11.8 Å². The molecule has 1 fully saturated rings. The molecule has 33 heavy (non-hydrogen) atoms. The van der Waals surface area contributed by atoms with Crippen LogP contribution in [0.25, 0.3) is 11.3 Å². The lowest BCUT2D eigenvalue weighted by molar-refractivity contribution is -0.153. The number of nitrogens with one attached hydrogen (secondary N) is 1. The van der Waals surface area contributed by atoms with Crippen LogP contribution < -0.4 is 10.3 Å². The molecule has 1 heterocycles. The summed E-state index contributed by atoms with van der Waals surface area (Å²) in [5.74, 6) is 1.13. The number of aromatic nitrogens is 1. The Hall–Kier alpha value is -2.89. The summed E-state index contributed by atoms with van der Waals surface area (Å²) < 4.78 is 10.2. The topological polar surface area (TPSA) is 85.5 Å². The van der Waals surface area contributed by atoms with Gasteiger partial charge in [0.05, 0.1) is 19.4 Å². The number of carbonyl (C=O) groups excluding carboxylic acids is 2. The molecule has 2 aromatic rings. The fraction of sp³-hybridized carbons (Fsp3) is 0.519. The summed E-state index contributed by atoms with van der Waals surface area (Å²) in [6.45, 7) is 6.43. The number of H-pyrrole nitrogens is 1. The second kappa shape index (κ2) is 11.3. The molecule has 1 N–H and O–H groups in total. The Morgan fingerprint density at radius 1 is 1.09 bits per heavy atom. The van der Waals surface area contributed by atoms with Gasteiger partial charge in [0.15, 0.2) is 0 Å². The number of ketones is 1. The number of methoxy groups -OCH3 is 1. The van der Waals surface area contributed by atoms with Gasteiger partial charge < -0.3 is 14.5 Å². The molecule has 0 radical (unpaired) electrons. The fourth-order valence-corrected chi connectivity index (χ4v) is 4.66. The van der Waals surface area contributed by atoms with E-state index in [1.54, 1.807) is 14.0 Å². The zero-order valence-electron chi connectivity index (χ0n) is 20.1. The van der Waals surface area contributed by atoms with Gasteiger partial charge >= 0.3 is 5.97 Å². The van der Waals surface area contributed by atoms with Crippen molar-refractivity contribution in [1.29, 1.82) is 0 Å². The third kappa shape index (κ3) is 6.12. The summed E-state index contributed by atoms with van der Waals surface area (Å²) in [4.78, 5) is 37.9. The molecular formula is C27H35NO5. The van der Waals surface area contributed by atoms with E-state index in [1.807, 2.05) is 24.3 Å². The molecule has 2 aliphatic carbocycles. The molecular weight excluding hydrogens is 418 g/mol. The summed E-state index contributed by atoms with van der Waals surface area (Å²) >= 11 is 0. The van der Waals surface area contributed by atoms with Crippen molar-refractivity contribution in [3.8, 4) is 17.0 Å². The zero-order chi connectivity index (χ0) is 24.0. The van der Waals surface area contributed by atoms with Gasteiger partial charge in [-0.25, -0.2) is 0 Å². The normalized spacial score (nSPS) is 21.9. The first-order valence-electron chi connectivity index (χ1n) is 11.9. The number of benzene rings is 1. The third-order valence-electron chi connectivity index (χ3n) is 6.56. The van der Waals surface area contributed by atoms with Crippen molar-refractivity contribution in [2.75, 3.05) is 13.7 Å². The molecule has 1 aromatic heterocycles. The SMILES string of the molecule is CCOC(=O)C1CC(C)CCC1=O.COc1ccccc1-c1cc2c(c(=O)[nH]1)CCC(C)C2. The highest BCUT2D eigenvalue weighted by molar-refractivity contribution is 5.99. The van der Waals surface area contributed by atoms with E-state index in [-0.39, 0.29) is 17.3 Å². The second-order valence-electron chi connectivity index (χ2n) is 9.21. The lowest BCUT2D eigenvalue weighted by Gasteiger charge is -2.23. The number of aromatic amines is 1. The Morgan fingerprint density at radius 2 is 1.82 bits per heavy atom. The second-order valence-corrected chi connectivity index (χ2v) is 9.21. The quantitative estimate of drug-likeness (QED) is 0.534. The lowest BCUT2D eigenvalue weighted by atomic mass is 9.81. The number of pyridine rings is 1. The van der Waals surface area contributed by atoms with Crippen LogP contribution in [0.5, 0.6) is 5.75 Å². The number of ether oxygens (including phenoxy) is 2. The standard InChI is InChI=1S/C17H19NO2.C10H16O3/c1-11-7-8-13-12(9-11)10-15(18-17(13)19)14-5-3-4-6-16(14)20-2;1-3-13-10(12)8-6-7(2)4-5-9(8)11/h3-6,10-11H,7-9H2,1-2H3,(H,18,19);7-8H,3-6H2,1-2H3. The van der Waals surface area contributed by atoms with Crippen LogP contribution in [-0.4, -0.2) is 30.5 Å². The van der Waals surface area contributed by atoms with E-state index in [1.165, 1.54) is 5.56 Å². The van der Waals surface area contributed by atoms with Crippen LogP contribution >= 0.6 is 0 Å². The van der Waals surface area contributed by atoms with Gasteiger partial charge in [-0.2, -0.15) is 0 Å². The monoisotopic (exact) mass is 453 g/mol. The summed E-state index contributed by atoms with van der Waals surface area (Å²) in [6.07, 6.45) is 5.08. The van der Waals surface area contributed by atoms with Crippen molar-refractivity contribution in [3.63, 3.8) is 0 Å². The van der Waals surface area contributed by atoms with Gasteiger partial charge in [0.1, 0.15) is 17.5 Å². The molecule has 1 aromatic carbocycles. The summed E-state index contributed by atoms with van der Waals surface area (Å²) in [5.41, 5.74) is 3.99. The van der Waals surface area contributed by atoms with Crippen LogP contribution in [0.4, 0.5) is 0 Å². The summed E-state index contributed by atoms with van der Waals surface area (Å²) in [6, 6.07) is 9.89. The molecule has 6 heteroatoms. The van der Waals surface area contributed by atoms with Gasteiger partial charge in [0.25, 0.3) is 5.56 Å². The predicted octanol–water partition coefficient (Wildman–Crippen LogP) is 4.73. The van der Waals surface area contributed by atoms with Crippen molar-refractivity contribution in [2.45, 2.75) is 59.3 Å². The van der Waals surface area contributed by atoms with Gasteiger partial charge in [-0.15, -0.1) is 0 Å². The Labute approximate surface area is 195 Å². The highest BCUT2D eigenvalue weighted by Crippen LogP contribution is 2.31. The Morgan fingerprint density at radius 3 is 2.55 bits per heavy atom. The van der Waals surface area contributed by atoms with Crippen LogP contribution in [0.1, 0.15) is 57.6 Å². The third-order valence-corrected chi connectivity index (χ3v) is 6.56. The molecule has 0 bridgehead atoms. The van der Waals surface area contributed by atoms with Gasteiger partial charge in [-0.3, -0.25) is 14.4 Å². The van der Waals surface area contributed by atoms with E-state index >= 15 is 0 Å². The molecule has 0 spiro atoms. The predicted molar refractivity (Wildman–Crippen MR) is 128 cm³/mol. The maximum absolute atomic E-state index is 12.3. The van der Waals surface area contributed by atoms with Gasteiger partial charge in [0, 0.05) is 17.5 Å². The van der Waals surface area contributed by atoms with Crippen LogP contribution in [0.15, 0.2) is 35.1 Å². The van der Waals surface area contributed by atoms with Crippen molar-refractivity contribution < 1.29 is 19.1 Å². The smallest absolute Gasteiger partial charge is 0.316 e. The molecule has 0 saturated heterocycles. The minimum atomic E-state index is -0.483. The molecule has 2 aliphatic rings. The van der Waals surface area contributed by atoms with Crippen LogP contribution in [0.2, 0.25) is 0 Å². The average molecular weight is 454 g/mol. The molecule has 178 valence electrons. The number of esters is 1. The number of Topliss-reactive ketones (excluding diaryl/α,β-unsaturated/α-hetero) is 1. The van der Waals surface area contributed by atoms with Crippen LogP contribution in [0, 0.1) is 17.8 Å². The van der Waals surface area contributed by atoms with E-state index in [9.17, 15) is 14.4 Å². The Balaban J connectivity index is 0.000000205. The van der Waals surface area contributed by atoms with Gasteiger partial charge in [-0.05, 0) is 74.6 Å². The minimum Gasteiger partial charge on any atom is -0.496 e. The number of hydrogen-bond donors (Lipinski definition) is 1. The molecule has 0 amide bonds. The van der Waals surface area contributed by atoms with Crippen molar-refractivity contribution in [1.82, 2.24) is 4.98 Å². The summed E-state index contributed by atoms with van der Waals surface area (Å²) in [5, 5.41) is 0. The Kier molecular flexibility index (Phi) is 8.48. The highest BCUT2D eigenvalue weighted by atomic mass is 16.5. The van der Waals surface area contributed by atoms with Crippen molar-refractivity contribution in [2.24, 2.45) is 17.8 Å². The average Bonchev–Trinajstić information content (AvgIpc) is 2.80. The largest absolute Gasteiger partial charge is 0.496 e. The molecule has 1 saturated carbocycles. The number of hydrogen-bond acceptors (Lipinski definition) is 5. The molecule has 3 unspecified atom stereocenters. The first-order valence-corrected chi connectivity index (χ1v) is 11.9. The number of carbonyl (C=O) groups is 2. The maximum atomic E-state index is 12.3. The highest BCUT2D eigenvalue weighted by Gasteiger charge is 2.33. The van der Waals surface area contributed by atoms with E-state index in [0.717, 1.165) is 48.3 Å². The van der Waals surface area contributed by atoms with E-state index in [2.05, 4.69) is 24.9 Å². The van der Waals surface area contributed by atoms with E-state index < -0.39 is 5.92 Å². The fourth-order valence-electron chi connectivity index (χ4n) is 4.66. The molecule has 6 nitrogen and oxygen atoms in total. The summed E-state index contributed by atoms with van der Waals surface area (Å²) in [7, 11) is 1.65. The zero-order valence-corrected chi connectivity index (χ0v) is 20.1. The Bertz CT molecular complexity index is 1040.